The van der Waals surface area contributed by atoms with Crippen LogP contribution in [0.3, 0.4) is 0 Å². The van der Waals surface area contributed by atoms with E-state index in [0.29, 0.717) is 19.4 Å². The maximum absolute atomic E-state index is 12.9. The van der Waals surface area contributed by atoms with E-state index in [1.165, 1.54) is 64.2 Å². The highest BCUT2D eigenvalue weighted by Crippen LogP contribution is 2.26. The average Bonchev–Trinajstić information content (AvgIpc) is 3.30. The van der Waals surface area contributed by atoms with Gasteiger partial charge in [-0.3, -0.25) is 9.35 Å². The molecule has 6 atom stereocenters. The maximum Gasteiger partial charge on any atom is 0.397 e. The molecule has 6 unspecified atom stereocenters. The smallest absolute Gasteiger partial charge is 0.397 e. The maximum atomic E-state index is 12.9. The van der Waals surface area contributed by atoms with Gasteiger partial charge >= 0.3 is 16.4 Å². The highest BCUT2D eigenvalue weighted by Gasteiger charge is 2.48. The van der Waals surface area contributed by atoms with Gasteiger partial charge in [0.05, 0.1) is 19.8 Å². The number of aliphatic hydroxyl groups excluding tert-OH is 3. The number of aliphatic hydroxyl groups is 3. The first-order valence-corrected chi connectivity index (χ1v) is 26.9. The summed E-state index contributed by atoms with van der Waals surface area (Å²) in [4.78, 5) is 12.9. The summed E-state index contributed by atoms with van der Waals surface area (Å²) in [6, 6.07) is 0. The van der Waals surface area contributed by atoms with Crippen LogP contribution < -0.4 is 0 Å². The van der Waals surface area contributed by atoms with Crippen molar-refractivity contribution in [3.8, 4) is 0 Å². The fourth-order valence-corrected chi connectivity index (χ4v) is 7.63. The van der Waals surface area contributed by atoms with E-state index in [-0.39, 0.29) is 19.6 Å². The number of hydrogen-bond donors (Lipinski definition) is 4. The Morgan fingerprint density at radius 3 is 1.52 bits per heavy atom. The third-order valence-electron chi connectivity index (χ3n) is 10.9. The van der Waals surface area contributed by atoms with Crippen molar-refractivity contribution in [1.29, 1.82) is 0 Å². The third-order valence-corrected chi connectivity index (χ3v) is 11.4. The SMILES string of the molecule is CC/C=C\C/C=C\C/C=C\C/C=C\C/C=C\C/C=C\C/C=C\CCCC(=O)OC(COCCCCCCCC/C=C\CCCCCCCCC)COC1OC(CO)C(O)C(OS(=O)(=O)O)C1O. The van der Waals surface area contributed by atoms with Crippen molar-refractivity contribution < 1.29 is 56.2 Å². The molecule has 384 valence electrons. The molecule has 0 spiro atoms. The average molecular weight is 963 g/mol. The van der Waals surface area contributed by atoms with Crippen LogP contribution in [0.1, 0.15) is 174 Å². The molecule has 0 saturated carbocycles. The molecule has 0 aliphatic carbocycles. The Labute approximate surface area is 406 Å². The lowest BCUT2D eigenvalue weighted by atomic mass is 9.99. The number of ether oxygens (including phenoxy) is 4. The molecule has 13 heteroatoms. The molecule has 1 rings (SSSR count). The van der Waals surface area contributed by atoms with Gasteiger partial charge in [0.2, 0.25) is 0 Å². The molecule has 0 radical (unpaired) electrons. The van der Waals surface area contributed by atoms with Crippen molar-refractivity contribution in [1.82, 2.24) is 0 Å². The number of carbonyl (C=O) groups excluding carboxylic acids is 1. The van der Waals surface area contributed by atoms with E-state index in [2.05, 4.69) is 109 Å². The van der Waals surface area contributed by atoms with E-state index in [4.69, 9.17) is 18.9 Å². The second-order valence-corrected chi connectivity index (χ2v) is 18.1. The Balaban J connectivity index is 2.44. The zero-order valence-corrected chi connectivity index (χ0v) is 42.0. The zero-order chi connectivity index (χ0) is 48.9. The summed E-state index contributed by atoms with van der Waals surface area (Å²) < 4.78 is 59.2. The molecule has 0 aromatic carbocycles. The molecule has 1 saturated heterocycles. The first-order valence-electron chi connectivity index (χ1n) is 25.5. The predicted octanol–water partition coefficient (Wildman–Crippen LogP) is 11.8. The van der Waals surface area contributed by atoms with Gasteiger partial charge in [-0.2, -0.15) is 8.42 Å². The largest absolute Gasteiger partial charge is 0.457 e. The van der Waals surface area contributed by atoms with Gasteiger partial charge in [-0.15, -0.1) is 0 Å². The normalized spacial score (nSPS) is 20.2. The van der Waals surface area contributed by atoms with E-state index >= 15 is 0 Å². The highest BCUT2D eigenvalue weighted by molar-refractivity contribution is 7.80. The standard InChI is InChI=1S/C54H90O12S/c1-3-5-7-9-11-13-15-17-19-21-22-23-24-25-26-27-29-31-33-35-37-39-41-43-50(56)64-48(47-63-54-52(58)53(66-67(59,60)61)51(57)49(45-55)65-54)46-62-44-42-40-38-36-34-32-30-28-20-18-16-14-12-10-8-6-4-2/h5,7,11,13,17,19-20,22-23,25-26,28-29,31,35,37,48-49,51-55,57-58H,3-4,6,8-10,12,14-16,18,21,24,27,30,32-34,36,38-47H2,1-2H3,(H,59,60,61)/b7-5-,13-11-,19-17-,23-22-,26-25-,28-20-,31-29-,37-35-. The molecule has 1 aliphatic heterocycles. The lowest BCUT2D eigenvalue weighted by Gasteiger charge is -2.41. The molecule has 4 N–H and O–H groups in total. The summed E-state index contributed by atoms with van der Waals surface area (Å²) in [6.45, 7) is 3.78. The van der Waals surface area contributed by atoms with Crippen LogP contribution >= 0.6 is 0 Å². The molecule has 67 heavy (non-hydrogen) atoms. The van der Waals surface area contributed by atoms with Crippen LogP contribution in [-0.4, -0.2) is 97.5 Å². The van der Waals surface area contributed by atoms with E-state index in [1.54, 1.807) is 0 Å². The second kappa shape index (κ2) is 44.2. The lowest BCUT2D eigenvalue weighted by molar-refractivity contribution is -0.301. The first-order chi connectivity index (χ1) is 32.6. The van der Waals surface area contributed by atoms with Crippen LogP contribution in [0.15, 0.2) is 97.2 Å². The van der Waals surface area contributed by atoms with Gasteiger partial charge in [-0.1, -0.05) is 175 Å². The topological polar surface area (TPSA) is 178 Å². The quantitative estimate of drug-likeness (QED) is 0.0197. The van der Waals surface area contributed by atoms with Crippen LogP contribution in [0.5, 0.6) is 0 Å². The van der Waals surface area contributed by atoms with Gasteiger partial charge < -0.3 is 34.3 Å². The number of hydrogen-bond acceptors (Lipinski definition) is 11. The molecule has 0 amide bonds. The van der Waals surface area contributed by atoms with E-state index in [0.717, 1.165) is 77.0 Å². The summed E-state index contributed by atoms with van der Waals surface area (Å²) in [5, 5.41) is 30.7. The number of carbonyl (C=O) groups is 1. The molecule has 12 nitrogen and oxygen atoms in total. The van der Waals surface area contributed by atoms with Gasteiger partial charge in [0.25, 0.3) is 0 Å². The van der Waals surface area contributed by atoms with Gasteiger partial charge in [-0.25, -0.2) is 4.18 Å². The molecule has 1 aliphatic rings. The van der Waals surface area contributed by atoms with E-state index in [9.17, 15) is 33.1 Å². The lowest BCUT2D eigenvalue weighted by Crippen LogP contribution is -2.60. The zero-order valence-electron chi connectivity index (χ0n) is 41.2. The number of esters is 1. The van der Waals surface area contributed by atoms with E-state index in [1.807, 2.05) is 6.08 Å². The summed E-state index contributed by atoms with van der Waals surface area (Å²) in [6.07, 6.45) is 51.6. The molecule has 1 fully saturated rings. The summed E-state index contributed by atoms with van der Waals surface area (Å²) in [7, 11) is -5.08. The Hall–Kier alpha value is -2.98. The summed E-state index contributed by atoms with van der Waals surface area (Å²) in [5.41, 5.74) is 0. The Morgan fingerprint density at radius 2 is 1.03 bits per heavy atom. The molecule has 0 bridgehead atoms. The number of unbranched alkanes of at least 4 members (excludes halogenated alkanes) is 14. The fraction of sp³-hybridized carbons (Fsp3) is 0.685. The van der Waals surface area contributed by atoms with E-state index < -0.39 is 59.8 Å². The molecule has 0 aromatic rings. The minimum absolute atomic E-state index is 0.00259. The molecular weight excluding hydrogens is 873 g/mol. The van der Waals surface area contributed by atoms with Crippen molar-refractivity contribution >= 4 is 16.4 Å². The summed E-state index contributed by atoms with van der Waals surface area (Å²) in [5.74, 6) is -0.462. The van der Waals surface area contributed by atoms with Crippen LogP contribution in [0, 0.1) is 0 Å². The minimum Gasteiger partial charge on any atom is -0.457 e. The predicted molar refractivity (Wildman–Crippen MR) is 271 cm³/mol. The van der Waals surface area contributed by atoms with Crippen molar-refractivity contribution in [3.63, 3.8) is 0 Å². The van der Waals surface area contributed by atoms with Gasteiger partial charge in [0.1, 0.15) is 30.5 Å². The monoisotopic (exact) mass is 963 g/mol. The second-order valence-electron chi connectivity index (χ2n) is 17.0. The fourth-order valence-electron chi connectivity index (χ4n) is 7.13. The van der Waals surface area contributed by atoms with Crippen molar-refractivity contribution in [2.45, 2.75) is 211 Å². The van der Waals surface area contributed by atoms with Gasteiger partial charge in [0.15, 0.2) is 6.29 Å². The third kappa shape index (κ3) is 37.6. The van der Waals surface area contributed by atoms with Crippen LogP contribution in [0.25, 0.3) is 0 Å². The first kappa shape index (κ1) is 62.0. The van der Waals surface area contributed by atoms with Gasteiger partial charge in [-0.05, 0) is 89.9 Å². The van der Waals surface area contributed by atoms with Crippen molar-refractivity contribution in [3.05, 3.63) is 97.2 Å². The molecular formula is C54H90O12S. The van der Waals surface area contributed by atoms with Crippen LogP contribution in [-0.2, 0) is 38.3 Å². The Morgan fingerprint density at radius 1 is 0.582 bits per heavy atom. The number of rotatable bonds is 43. The Kier molecular flexibility index (Phi) is 41.0. The highest BCUT2D eigenvalue weighted by atomic mass is 32.3. The number of allylic oxidation sites excluding steroid dienone is 16. The van der Waals surface area contributed by atoms with Crippen molar-refractivity contribution in [2.75, 3.05) is 26.4 Å². The summed E-state index contributed by atoms with van der Waals surface area (Å²) >= 11 is 0. The molecule has 0 aromatic heterocycles. The van der Waals surface area contributed by atoms with Crippen molar-refractivity contribution in [2.24, 2.45) is 0 Å². The Bertz CT molecular complexity index is 1530. The minimum atomic E-state index is -5.08. The molecule has 1 heterocycles. The van der Waals surface area contributed by atoms with Crippen LogP contribution in [0.2, 0.25) is 0 Å². The van der Waals surface area contributed by atoms with Crippen LogP contribution in [0.4, 0.5) is 0 Å². The van der Waals surface area contributed by atoms with Gasteiger partial charge in [0, 0.05) is 13.0 Å².